The van der Waals surface area contributed by atoms with E-state index in [0.717, 1.165) is 19.0 Å². The molecule has 0 aromatic heterocycles. The quantitative estimate of drug-likeness (QED) is 0.831. The molecule has 3 nitrogen and oxygen atoms in total. The molecule has 0 unspecified atom stereocenters. The summed E-state index contributed by atoms with van der Waals surface area (Å²) in [5, 5.41) is 6.99. The van der Waals surface area contributed by atoms with Crippen LogP contribution >= 0.6 is 0 Å². The smallest absolute Gasteiger partial charge is 0.0361 e. The molecule has 1 saturated heterocycles. The van der Waals surface area contributed by atoms with Crippen molar-refractivity contribution in [1.29, 1.82) is 0 Å². The van der Waals surface area contributed by atoms with Gasteiger partial charge in [0.1, 0.15) is 0 Å². The first kappa shape index (κ1) is 13.4. The van der Waals surface area contributed by atoms with Crippen LogP contribution in [0.5, 0.6) is 0 Å². The third-order valence-electron chi connectivity index (χ3n) is 3.67. The van der Waals surface area contributed by atoms with Crippen LogP contribution in [-0.2, 0) is 6.54 Å². The molecule has 3 heteroatoms. The van der Waals surface area contributed by atoms with E-state index in [1.165, 1.54) is 37.2 Å². The molecule has 0 aliphatic carbocycles. The molecule has 1 heterocycles. The summed E-state index contributed by atoms with van der Waals surface area (Å²) < 4.78 is 0. The molecule has 18 heavy (non-hydrogen) atoms. The van der Waals surface area contributed by atoms with Gasteiger partial charge in [-0.15, -0.1) is 0 Å². The van der Waals surface area contributed by atoms with Crippen molar-refractivity contribution in [2.24, 2.45) is 5.92 Å². The van der Waals surface area contributed by atoms with Crippen molar-refractivity contribution in [3.63, 3.8) is 0 Å². The van der Waals surface area contributed by atoms with Crippen LogP contribution < -0.4 is 15.5 Å². The molecule has 0 saturated carbocycles. The molecule has 0 amide bonds. The van der Waals surface area contributed by atoms with E-state index in [2.05, 4.69) is 53.9 Å². The zero-order valence-electron chi connectivity index (χ0n) is 11.6. The van der Waals surface area contributed by atoms with Crippen LogP contribution in [0.15, 0.2) is 24.3 Å². The van der Waals surface area contributed by atoms with E-state index in [0.29, 0.717) is 0 Å². The molecule has 2 N–H and O–H groups in total. The number of anilines is 1. The molecule has 1 aliphatic heterocycles. The standard InChI is InChI=1S/C15H25N3/c1-18(2)15-5-3-13(4-6-15)11-17-12-14-7-9-16-10-8-14/h3-6,14,16-17H,7-12H2,1-2H3. The summed E-state index contributed by atoms with van der Waals surface area (Å²) in [5.41, 5.74) is 2.63. The summed E-state index contributed by atoms with van der Waals surface area (Å²) in [6.07, 6.45) is 2.62. The Labute approximate surface area is 111 Å². The Morgan fingerprint density at radius 3 is 2.44 bits per heavy atom. The normalized spacial score (nSPS) is 16.8. The minimum absolute atomic E-state index is 0.854. The van der Waals surface area contributed by atoms with Gasteiger partial charge in [0.2, 0.25) is 0 Å². The monoisotopic (exact) mass is 247 g/mol. The average Bonchev–Trinajstić information content (AvgIpc) is 2.40. The molecule has 1 aromatic rings. The van der Waals surface area contributed by atoms with Gasteiger partial charge in [0.05, 0.1) is 0 Å². The highest BCUT2D eigenvalue weighted by Gasteiger charge is 2.11. The second-order valence-corrected chi connectivity index (χ2v) is 5.39. The van der Waals surface area contributed by atoms with Gasteiger partial charge in [-0.05, 0) is 56.1 Å². The maximum Gasteiger partial charge on any atom is 0.0361 e. The highest BCUT2D eigenvalue weighted by molar-refractivity contribution is 5.45. The van der Waals surface area contributed by atoms with Gasteiger partial charge >= 0.3 is 0 Å². The third-order valence-corrected chi connectivity index (χ3v) is 3.67. The van der Waals surface area contributed by atoms with Gasteiger partial charge in [-0.2, -0.15) is 0 Å². The Balaban J connectivity index is 1.72. The van der Waals surface area contributed by atoms with E-state index in [9.17, 15) is 0 Å². The van der Waals surface area contributed by atoms with Crippen LogP contribution in [0.2, 0.25) is 0 Å². The molecule has 0 atom stereocenters. The van der Waals surface area contributed by atoms with Crippen LogP contribution in [0, 0.1) is 5.92 Å². The van der Waals surface area contributed by atoms with Crippen LogP contribution in [0.3, 0.4) is 0 Å². The second kappa shape index (κ2) is 6.76. The summed E-state index contributed by atoms with van der Waals surface area (Å²) in [6.45, 7) is 4.50. The van der Waals surface area contributed by atoms with Gasteiger partial charge in [0.15, 0.2) is 0 Å². The molecule has 1 fully saturated rings. The van der Waals surface area contributed by atoms with Crippen LogP contribution in [0.1, 0.15) is 18.4 Å². The highest BCUT2D eigenvalue weighted by Crippen LogP contribution is 2.13. The summed E-state index contributed by atoms with van der Waals surface area (Å²) in [5.74, 6) is 0.854. The minimum Gasteiger partial charge on any atom is -0.378 e. The van der Waals surface area contributed by atoms with Gasteiger partial charge in [-0.1, -0.05) is 12.1 Å². The van der Waals surface area contributed by atoms with Crippen LogP contribution in [-0.4, -0.2) is 33.7 Å². The zero-order valence-corrected chi connectivity index (χ0v) is 11.6. The van der Waals surface area contributed by atoms with Crippen molar-refractivity contribution >= 4 is 5.69 Å². The number of rotatable bonds is 5. The van der Waals surface area contributed by atoms with Gasteiger partial charge in [0, 0.05) is 26.3 Å². The predicted molar refractivity (Wildman–Crippen MR) is 78.1 cm³/mol. The highest BCUT2D eigenvalue weighted by atomic mass is 15.1. The lowest BCUT2D eigenvalue weighted by Crippen LogP contribution is -2.33. The Hall–Kier alpha value is -1.06. The third kappa shape index (κ3) is 4.00. The fraction of sp³-hybridized carbons (Fsp3) is 0.600. The van der Waals surface area contributed by atoms with E-state index < -0.39 is 0 Å². The number of nitrogens with one attached hydrogen (secondary N) is 2. The number of piperidine rings is 1. The Bertz CT molecular complexity index is 339. The van der Waals surface area contributed by atoms with Crippen molar-refractivity contribution in [1.82, 2.24) is 10.6 Å². The SMILES string of the molecule is CN(C)c1ccc(CNCC2CCNCC2)cc1. The van der Waals surface area contributed by atoms with E-state index in [1.54, 1.807) is 0 Å². The Morgan fingerprint density at radius 2 is 1.83 bits per heavy atom. The largest absolute Gasteiger partial charge is 0.378 e. The number of hydrogen-bond donors (Lipinski definition) is 2. The summed E-state index contributed by atoms with van der Waals surface area (Å²) in [4.78, 5) is 2.13. The van der Waals surface area contributed by atoms with Crippen molar-refractivity contribution < 1.29 is 0 Å². The van der Waals surface area contributed by atoms with Gasteiger partial charge < -0.3 is 15.5 Å². The van der Waals surface area contributed by atoms with E-state index in [4.69, 9.17) is 0 Å². The molecule has 1 aliphatic rings. The lowest BCUT2D eigenvalue weighted by Gasteiger charge is -2.22. The summed E-state index contributed by atoms with van der Waals surface area (Å²) in [6, 6.07) is 8.79. The summed E-state index contributed by atoms with van der Waals surface area (Å²) in [7, 11) is 4.15. The first-order chi connectivity index (χ1) is 8.75. The lowest BCUT2D eigenvalue weighted by molar-refractivity contribution is 0.356. The average molecular weight is 247 g/mol. The zero-order chi connectivity index (χ0) is 12.8. The maximum absolute atomic E-state index is 3.58. The fourth-order valence-electron chi connectivity index (χ4n) is 2.42. The first-order valence-corrected chi connectivity index (χ1v) is 6.93. The molecular weight excluding hydrogens is 222 g/mol. The Kier molecular flexibility index (Phi) is 5.02. The van der Waals surface area contributed by atoms with Gasteiger partial charge in [0.25, 0.3) is 0 Å². The van der Waals surface area contributed by atoms with E-state index in [-0.39, 0.29) is 0 Å². The molecule has 2 rings (SSSR count). The van der Waals surface area contributed by atoms with Gasteiger partial charge in [-0.25, -0.2) is 0 Å². The number of benzene rings is 1. The molecule has 0 spiro atoms. The Morgan fingerprint density at radius 1 is 1.17 bits per heavy atom. The molecule has 0 bridgehead atoms. The molecular formula is C15H25N3. The summed E-state index contributed by atoms with van der Waals surface area (Å²) >= 11 is 0. The van der Waals surface area contributed by atoms with Crippen molar-refractivity contribution in [3.8, 4) is 0 Å². The number of nitrogens with zero attached hydrogens (tertiary/aromatic N) is 1. The predicted octanol–water partition coefficient (Wildman–Crippen LogP) is 1.84. The van der Waals surface area contributed by atoms with E-state index >= 15 is 0 Å². The fourth-order valence-corrected chi connectivity index (χ4v) is 2.42. The number of hydrogen-bond acceptors (Lipinski definition) is 3. The minimum atomic E-state index is 0.854. The second-order valence-electron chi connectivity index (χ2n) is 5.39. The van der Waals surface area contributed by atoms with Gasteiger partial charge in [-0.3, -0.25) is 0 Å². The lowest BCUT2D eigenvalue weighted by atomic mass is 9.98. The van der Waals surface area contributed by atoms with Crippen molar-refractivity contribution in [2.45, 2.75) is 19.4 Å². The molecule has 0 radical (unpaired) electrons. The maximum atomic E-state index is 3.58. The topological polar surface area (TPSA) is 27.3 Å². The first-order valence-electron chi connectivity index (χ1n) is 6.93. The molecule has 1 aromatic carbocycles. The van der Waals surface area contributed by atoms with Crippen molar-refractivity contribution in [3.05, 3.63) is 29.8 Å². The van der Waals surface area contributed by atoms with Crippen molar-refractivity contribution in [2.75, 3.05) is 38.6 Å². The van der Waals surface area contributed by atoms with E-state index in [1.807, 2.05) is 0 Å². The van der Waals surface area contributed by atoms with Crippen LogP contribution in [0.4, 0.5) is 5.69 Å². The molecule has 100 valence electrons. The van der Waals surface area contributed by atoms with Crippen LogP contribution in [0.25, 0.3) is 0 Å².